The summed E-state index contributed by atoms with van der Waals surface area (Å²) < 4.78 is 6.25. The number of fused-ring (bicyclic) bond motifs is 1. The molecule has 1 aliphatic rings. The summed E-state index contributed by atoms with van der Waals surface area (Å²) in [6.45, 7) is 0. The van der Waals surface area contributed by atoms with E-state index in [1.165, 1.54) is 11.1 Å². The highest BCUT2D eigenvalue weighted by molar-refractivity contribution is 9.10. The number of halogens is 1. The molecule has 0 radical (unpaired) electrons. The van der Waals surface area contributed by atoms with Gasteiger partial charge in [-0.1, -0.05) is 24.3 Å². The second-order valence-electron chi connectivity index (χ2n) is 4.18. The van der Waals surface area contributed by atoms with Gasteiger partial charge in [-0.3, -0.25) is 0 Å². The topological polar surface area (TPSA) is 39.2 Å². The van der Waals surface area contributed by atoms with E-state index >= 15 is 0 Å². The number of hydrogen-bond donors (Lipinski definition) is 1. The highest BCUT2D eigenvalue weighted by Gasteiger charge is 2.32. The number of benzene rings is 1. The van der Waals surface area contributed by atoms with Crippen LogP contribution in [-0.2, 0) is 6.42 Å². The molecule has 16 heavy (non-hydrogen) atoms. The molecule has 2 atom stereocenters. The van der Waals surface area contributed by atoms with Crippen LogP contribution in [0.4, 0.5) is 0 Å². The van der Waals surface area contributed by atoms with Gasteiger partial charge in [0.1, 0.15) is 5.76 Å². The van der Waals surface area contributed by atoms with Crippen LogP contribution in [0.3, 0.4) is 0 Å². The molecule has 1 heterocycles. The van der Waals surface area contributed by atoms with Crippen LogP contribution in [0.15, 0.2) is 45.5 Å². The van der Waals surface area contributed by atoms with Crippen LogP contribution in [-0.4, -0.2) is 0 Å². The summed E-state index contributed by atoms with van der Waals surface area (Å²) in [7, 11) is 0. The Bertz CT molecular complexity index is 520. The molecule has 1 aromatic carbocycles. The predicted octanol–water partition coefficient (Wildman–Crippen LogP) is 3.38. The second kappa shape index (κ2) is 3.75. The zero-order chi connectivity index (χ0) is 11.1. The van der Waals surface area contributed by atoms with Gasteiger partial charge in [-0.15, -0.1) is 0 Å². The summed E-state index contributed by atoms with van der Waals surface area (Å²) >= 11 is 3.30. The van der Waals surface area contributed by atoms with Gasteiger partial charge in [-0.25, -0.2) is 0 Å². The maximum atomic E-state index is 6.21. The van der Waals surface area contributed by atoms with E-state index in [1.54, 1.807) is 0 Å². The fourth-order valence-corrected chi connectivity index (χ4v) is 2.64. The average molecular weight is 278 g/mol. The van der Waals surface area contributed by atoms with Gasteiger partial charge in [0.2, 0.25) is 0 Å². The summed E-state index contributed by atoms with van der Waals surface area (Å²) in [4.78, 5) is 0. The third-order valence-electron chi connectivity index (χ3n) is 3.25. The van der Waals surface area contributed by atoms with Crippen LogP contribution in [0, 0.1) is 0 Å². The predicted molar refractivity (Wildman–Crippen MR) is 66.2 cm³/mol. The molecule has 2 unspecified atom stereocenters. The Morgan fingerprint density at radius 2 is 2.06 bits per heavy atom. The Balaban J connectivity index is 1.87. The Hall–Kier alpha value is -1.06. The minimum atomic E-state index is -0.0406. The van der Waals surface area contributed by atoms with E-state index in [9.17, 15) is 0 Å². The van der Waals surface area contributed by atoms with E-state index in [1.807, 2.05) is 12.1 Å². The highest BCUT2D eigenvalue weighted by Crippen LogP contribution is 2.42. The van der Waals surface area contributed by atoms with Crippen LogP contribution >= 0.6 is 15.9 Å². The van der Waals surface area contributed by atoms with E-state index in [2.05, 4.69) is 40.2 Å². The molecule has 0 aliphatic heterocycles. The largest absolute Gasteiger partial charge is 0.453 e. The fourth-order valence-electron chi connectivity index (χ4n) is 2.32. The van der Waals surface area contributed by atoms with Gasteiger partial charge in [0.05, 0.1) is 6.04 Å². The fraction of sp³-hybridized carbons (Fsp3) is 0.231. The molecule has 0 fully saturated rings. The zero-order valence-corrected chi connectivity index (χ0v) is 10.3. The Morgan fingerprint density at radius 1 is 1.25 bits per heavy atom. The molecule has 1 aliphatic carbocycles. The van der Waals surface area contributed by atoms with E-state index in [0.29, 0.717) is 5.92 Å². The zero-order valence-electron chi connectivity index (χ0n) is 8.69. The van der Waals surface area contributed by atoms with Gasteiger partial charge in [-0.05, 0) is 45.6 Å². The average Bonchev–Trinajstić information content (AvgIpc) is 2.67. The van der Waals surface area contributed by atoms with Crippen LogP contribution in [0.1, 0.15) is 28.8 Å². The minimum Gasteiger partial charge on any atom is -0.453 e. The summed E-state index contributed by atoms with van der Waals surface area (Å²) in [5.41, 5.74) is 8.99. The normalized spacial score (nSPS) is 20.0. The molecule has 0 spiro atoms. The first-order valence-corrected chi connectivity index (χ1v) is 6.13. The smallest absolute Gasteiger partial charge is 0.169 e. The summed E-state index contributed by atoms with van der Waals surface area (Å²) in [5, 5.41) is 0. The van der Waals surface area contributed by atoms with Crippen molar-refractivity contribution in [2.24, 2.45) is 5.73 Å². The lowest BCUT2D eigenvalue weighted by atomic mass is 9.73. The number of hydrogen-bond acceptors (Lipinski definition) is 2. The molecule has 0 amide bonds. The molecule has 2 aromatic rings. The van der Waals surface area contributed by atoms with Gasteiger partial charge in [0, 0.05) is 5.92 Å². The molecule has 0 saturated carbocycles. The van der Waals surface area contributed by atoms with Crippen molar-refractivity contribution in [1.29, 1.82) is 0 Å². The summed E-state index contributed by atoms with van der Waals surface area (Å²) in [6, 6.07) is 12.2. The van der Waals surface area contributed by atoms with Crippen molar-refractivity contribution >= 4 is 15.9 Å². The Morgan fingerprint density at radius 3 is 2.75 bits per heavy atom. The quantitative estimate of drug-likeness (QED) is 0.914. The van der Waals surface area contributed by atoms with Gasteiger partial charge < -0.3 is 10.2 Å². The van der Waals surface area contributed by atoms with Crippen LogP contribution in [0.25, 0.3) is 0 Å². The van der Waals surface area contributed by atoms with Crippen LogP contribution in [0.5, 0.6) is 0 Å². The number of furan rings is 1. The first-order valence-electron chi connectivity index (χ1n) is 5.34. The van der Waals surface area contributed by atoms with Crippen molar-refractivity contribution in [1.82, 2.24) is 0 Å². The number of nitrogens with two attached hydrogens (primary N) is 1. The lowest BCUT2D eigenvalue weighted by Gasteiger charge is -2.33. The second-order valence-corrected chi connectivity index (χ2v) is 4.96. The molecule has 0 saturated heterocycles. The van der Waals surface area contributed by atoms with Crippen molar-refractivity contribution in [3.8, 4) is 0 Å². The van der Waals surface area contributed by atoms with Crippen molar-refractivity contribution in [2.45, 2.75) is 18.4 Å². The highest BCUT2D eigenvalue weighted by atomic mass is 79.9. The van der Waals surface area contributed by atoms with Crippen molar-refractivity contribution < 1.29 is 4.42 Å². The molecule has 3 rings (SSSR count). The monoisotopic (exact) mass is 277 g/mol. The first-order chi connectivity index (χ1) is 7.75. The molecular formula is C13H12BrNO. The summed E-state index contributed by atoms with van der Waals surface area (Å²) in [5.74, 6) is 1.25. The number of rotatable bonds is 2. The molecule has 2 nitrogen and oxygen atoms in total. The van der Waals surface area contributed by atoms with Crippen molar-refractivity contribution in [3.63, 3.8) is 0 Å². The van der Waals surface area contributed by atoms with Gasteiger partial charge in [0.15, 0.2) is 4.67 Å². The van der Waals surface area contributed by atoms with E-state index in [0.717, 1.165) is 16.9 Å². The maximum absolute atomic E-state index is 6.21. The SMILES string of the molecule is NC(c1ccc(Br)o1)C1Cc2ccccc21. The molecular weight excluding hydrogens is 266 g/mol. The molecule has 82 valence electrons. The Labute approximate surface area is 103 Å². The lowest BCUT2D eigenvalue weighted by molar-refractivity contribution is 0.393. The molecule has 0 bridgehead atoms. The van der Waals surface area contributed by atoms with Gasteiger partial charge in [0.25, 0.3) is 0 Å². The van der Waals surface area contributed by atoms with E-state index in [4.69, 9.17) is 10.2 Å². The molecule has 3 heteroatoms. The van der Waals surface area contributed by atoms with Crippen molar-refractivity contribution in [3.05, 3.63) is 58.0 Å². The molecule has 2 N–H and O–H groups in total. The molecule has 1 aromatic heterocycles. The minimum absolute atomic E-state index is 0.0406. The van der Waals surface area contributed by atoms with Crippen LogP contribution < -0.4 is 5.73 Å². The third-order valence-corrected chi connectivity index (χ3v) is 3.68. The van der Waals surface area contributed by atoms with Gasteiger partial charge in [-0.2, -0.15) is 0 Å². The standard InChI is InChI=1S/C13H12BrNO/c14-12-6-5-11(16-12)13(15)10-7-8-3-1-2-4-9(8)10/h1-6,10,13H,7,15H2. The van der Waals surface area contributed by atoms with Crippen LogP contribution in [0.2, 0.25) is 0 Å². The summed E-state index contributed by atoms with van der Waals surface area (Å²) in [6.07, 6.45) is 1.05. The van der Waals surface area contributed by atoms with Gasteiger partial charge >= 0.3 is 0 Å². The third kappa shape index (κ3) is 1.51. The lowest BCUT2D eigenvalue weighted by Crippen LogP contribution is -2.28. The van der Waals surface area contributed by atoms with E-state index in [-0.39, 0.29) is 6.04 Å². The Kier molecular flexibility index (Phi) is 2.37. The first kappa shape index (κ1) is 10.1. The van der Waals surface area contributed by atoms with E-state index < -0.39 is 0 Å². The van der Waals surface area contributed by atoms with Crippen molar-refractivity contribution in [2.75, 3.05) is 0 Å². The maximum Gasteiger partial charge on any atom is 0.169 e.